The molecule has 1 unspecified atom stereocenters. The number of aromatic amines is 1. The minimum atomic E-state index is -1.92. The Hall–Kier alpha value is -5.50. The first-order valence-corrected chi connectivity index (χ1v) is 23.2. The highest BCUT2D eigenvalue weighted by atomic mass is 19.1. The second-order valence-corrected chi connectivity index (χ2v) is 19.3. The number of carbonyl (C=O) groups is 3. The predicted octanol–water partition coefficient (Wildman–Crippen LogP) is 6.19. The lowest BCUT2D eigenvalue weighted by Gasteiger charge is -2.64. The maximum Gasteiger partial charge on any atom is 0.322 e. The fourth-order valence-corrected chi connectivity index (χ4v) is 14.0. The van der Waals surface area contributed by atoms with E-state index in [2.05, 4.69) is 75.3 Å². The summed E-state index contributed by atoms with van der Waals surface area (Å²) in [6.45, 7) is 9.10. The van der Waals surface area contributed by atoms with Gasteiger partial charge in [-0.05, 0) is 80.0 Å². The van der Waals surface area contributed by atoms with Crippen LogP contribution in [-0.2, 0) is 36.3 Å². The highest BCUT2D eigenvalue weighted by molar-refractivity contribution is 5.95. The molecule has 2 bridgehead atoms. The molecule has 2 fully saturated rings. The van der Waals surface area contributed by atoms with Gasteiger partial charge < -0.3 is 34.5 Å². The van der Waals surface area contributed by atoms with Gasteiger partial charge in [0.05, 0.1) is 32.4 Å². The van der Waals surface area contributed by atoms with E-state index in [-0.39, 0.29) is 24.1 Å². The Morgan fingerprint density at radius 3 is 2.54 bits per heavy atom. The molecule has 12 nitrogen and oxygen atoms in total. The van der Waals surface area contributed by atoms with E-state index in [4.69, 9.17) is 14.2 Å². The summed E-state index contributed by atoms with van der Waals surface area (Å²) in [6, 6.07) is 17.1. The zero-order valence-corrected chi connectivity index (χ0v) is 38.2. The molecule has 6 aliphatic rings. The molecule has 1 amide bonds. The first-order valence-electron chi connectivity index (χ1n) is 23.2. The lowest BCUT2D eigenvalue weighted by atomic mass is 9.47. The first kappa shape index (κ1) is 43.4. The molecule has 4 aromatic rings. The van der Waals surface area contributed by atoms with Crippen LogP contribution in [0.25, 0.3) is 10.9 Å². The molecule has 1 aliphatic carbocycles. The molecule has 342 valence electrons. The molecule has 9 atom stereocenters. The average molecular weight is 886 g/mol. The van der Waals surface area contributed by atoms with E-state index in [0.717, 1.165) is 65.9 Å². The fraction of sp³-hybridized carbons (Fsp3) is 0.481. The molecule has 0 radical (unpaired) electrons. The van der Waals surface area contributed by atoms with Crippen molar-refractivity contribution < 1.29 is 38.1 Å². The Labute approximate surface area is 379 Å². The number of ether oxygens (including phenoxy) is 3. The van der Waals surface area contributed by atoms with Gasteiger partial charge in [0, 0.05) is 90.9 Å². The smallest absolute Gasteiger partial charge is 0.322 e. The summed E-state index contributed by atoms with van der Waals surface area (Å²) in [7, 11) is 5.03. The molecule has 6 heterocycles. The van der Waals surface area contributed by atoms with Crippen LogP contribution in [0.1, 0.15) is 79.2 Å². The van der Waals surface area contributed by atoms with Crippen molar-refractivity contribution in [2.24, 2.45) is 11.3 Å². The monoisotopic (exact) mass is 885 g/mol. The van der Waals surface area contributed by atoms with Crippen LogP contribution in [0.2, 0.25) is 0 Å². The van der Waals surface area contributed by atoms with Crippen LogP contribution in [0, 0.1) is 17.2 Å². The normalized spacial score (nSPS) is 32.2. The zero-order valence-electron chi connectivity index (χ0n) is 38.2. The number of methoxy groups -OCH3 is 2. The van der Waals surface area contributed by atoms with Crippen LogP contribution < -0.4 is 15.0 Å². The SMILES string of the molecule is CCC1=C[C@@H]2CN(CCc3c([nH]c4ccccc34)[C@@](C(=O)OC)(c3cc4c(cc3OC)N(C)[C@H]3[C@@](O)(CNC(=O)c5ccccc5F)[C@H](OC(C)=O)[C@]5(CC)C=CCN6CC[C@]43[C@@H]65)C2)C1. The van der Waals surface area contributed by atoms with Crippen molar-refractivity contribution >= 4 is 34.4 Å². The van der Waals surface area contributed by atoms with E-state index in [1.54, 1.807) is 13.2 Å². The number of nitrogens with zero attached hydrogens (tertiary/aromatic N) is 3. The van der Waals surface area contributed by atoms with Crippen LogP contribution in [0.5, 0.6) is 5.75 Å². The van der Waals surface area contributed by atoms with Crippen molar-refractivity contribution in [2.75, 3.05) is 65.4 Å². The van der Waals surface area contributed by atoms with Gasteiger partial charge in [0.2, 0.25) is 0 Å². The van der Waals surface area contributed by atoms with Gasteiger partial charge in [-0.3, -0.25) is 24.2 Å². The number of nitrogens with one attached hydrogen (secondary N) is 2. The van der Waals surface area contributed by atoms with Gasteiger partial charge in [-0.1, -0.05) is 68.0 Å². The fourth-order valence-electron chi connectivity index (χ4n) is 14.0. The van der Waals surface area contributed by atoms with Crippen molar-refractivity contribution in [1.82, 2.24) is 20.1 Å². The van der Waals surface area contributed by atoms with E-state index in [1.165, 1.54) is 37.8 Å². The molecule has 1 saturated carbocycles. The van der Waals surface area contributed by atoms with Crippen molar-refractivity contribution in [2.45, 2.75) is 87.5 Å². The summed E-state index contributed by atoms with van der Waals surface area (Å²) >= 11 is 0. The Morgan fingerprint density at radius 1 is 1.02 bits per heavy atom. The molecule has 13 heteroatoms. The summed E-state index contributed by atoms with van der Waals surface area (Å²) in [6.07, 6.45) is 8.63. The van der Waals surface area contributed by atoms with Gasteiger partial charge in [-0.25, -0.2) is 4.39 Å². The summed E-state index contributed by atoms with van der Waals surface area (Å²) in [5.41, 5.74) is 1.37. The number of anilines is 1. The van der Waals surface area contributed by atoms with Gasteiger partial charge in [-0.2, -0.15) is 0 Å². The first-order chi connectivity index (χ1) is 31.3. The number of aliphatic hydroxyl groups is 1. The Balaban J connectivity index is 1.24. The van der Waals surface area contributed by atoms with Crippen molar-refractivity contribution in [1.29, 1.82) is 0 Å². The Bertz CT molecular complexity index is 2660. The number of hydrogen-bond donors (Lipinski definition) is 3. The number of rotatable bonds is 9. The zero-order chi connectivity index (χ0) is 45.6. The summed E-state index contributed by atoms with van der Waals surface area (Å²) < 4.78 is 33.9. The molecule has 1 aromatic heterocycles. The second kappa shape index (κ2) is 15.8. The number of H-pyrrole nitrogens is 1. The number of hydrogen-bond acceptors (Lipinski definition) is 10. The number of aromatic nitrogens is 1. The van der Waals surface area contributed by atoms with Crippen molar-refractivity contribution in [3.8, 4) is 5.75 Å². The van der Waals surface area contributed by atoms with Crippen LogP contribution in [0.4, 0.5) is 10.1 Å². The van der Waals surface area contributed by atoms with E-state index in [0.29, 0.717) is 43.7 Å². The van der Waals surface area contributed by atoms with Gasteiger partial charge >= 0.3 is 11.9 Å². The Morgan fingerprint density at radius 2 is 1.80 bits per heavy atom. The quantitative estimate of drug-likeness (QED) is 0.132. The summed E-state index contributed by atoms with van der Waals surface area (Å²) in [5, 5.41) is 17.9. The lowest BCUT2D eigenvalue weighted by molar-refractivity contribution is -0.216. The number of fused-ring (bicyclic) bond motifs is 6. The van der Waals surface area contributed by atoms with Crippen LogP contribution in [0.15, 0.2) is 84.5 Å². The number of amides is 1. The van der Waals surface area contributed by atoms with E-state index in [1.807, 2.05) is 25.2 Å². The largest absolute Gasteiger partial charge is 0.496 e. The minimum absolute atomic E-state index is 0.00206. The van der Waals surface area contributed by atoms with E-state index in [9.17, 15) is 14.7 Å². The molecule has 1 saturated heterocycles. The molecular formula is C52H60FN5O7. The highest BCUT2D eigenvalue weighted by Gasteiger charge is 2.78. The topological polar surface area (TPSA) is 137 Å². The van der Waals surface area contributed by atoms with Crippen LogP contribution in [-0.4, -0.2) is 122 Å². The predicted molar refractivity (Wildman–Crippen MR) is 246 cm³/mol. The molecule has 3 N–H and O–H groups in total. The van der Waals surface area contributed by atoms with E-state index < -0.39 is 57.7 Å². The van der Waals surface area contributed by atoms with Crippen molar-refractivity contribution in [3.05, 3.63) is 118 Å². The third kappa shape index (κ3) is 6.13. The number of halogens is 1. The molecule has 3 aromatic carbocycles. The third-order valence-corrected chi connectivity index (χ3v) is 16.3. The molecule has 1 spiro atoms. The molecule has 10 rings (SSSR count). The third-order valence-electron chi connectivity index (χ3n) is 16.3. The van der Waals surface area contributed by atoms with Gasteiger partial charge in [0.1, 0.15) is 28.7 Å². The summed E-state index contributed by atoms with van der Waals surface area (Å²) in [5.74, 6) is -1.82. The number of esters is 2. The summed E-state index contributed by atoms with van der Waals surface area (Å²) in [4.78, 5) is 53.4. The Kier molecular flexibility index (Phi) is 10.6. The second-order valence-electron chi connectivity index (χ2n) is 19.3. The number of likely N-dealkylation sites (N-methyl/N-ethyl adjacent to an activating group) is 1. The van der Waals surface area contributed by atoms with E-state index >= 15 is 9.18 Å². The lowest BCUT2D eigenvalue weighted by Crippen LogP contribution is -2.81. The van der Waals surface area contributed by atoms with Crippen molar-refractivity contribution in [3.63, 3.8) is 0 Å². The van der Waals surface area contributed by atoms with Gasteiger partial charge in [-0.15, -0.1) is 0 Å². The molecular weight excluding hydrogens is 826 g/mol. The van der Waals surface area contributed by atoms with Crippen LogP contribution in [0.3, 0.4) is 0 Å². The average Bonchev–Trinajstić information content (AvgIpc) is 3.97. The highest BCUT2D eigenvalue weighted by Crippen LogP contribution is 2.68. The van der Waals surface area contributed by atoms with Gasteiger partial charge in [0.15, 0.2) is 0 Å². The number of benzene rings is 3. The minimum Gasteiger partial charge on any atom is -0.496 e. The van der Waals surface area contributed by atoms with Crippen LogP contribution >= 0.6 is 0 Å². The molecule has 5 aliphatic heterocycles. The maximum absolute atomic E-state index is 15.4. The standard InChI is InChI=1S/C52H60FN5O7/c1-7-32-24-33-27-51(48(61)64-6,43-35(18-22-57(28-32)29-33)34-14-10-12-17-40(34)55-43)38-25-37-41(26-42(38)63-5)56(4)46-50(37)20-23-58-21-13-19-49(8-2,45(50)58)47(65-31(3)59)52(46,62)30-54-44(60)36-15-9-11-16-39(36)53/h9-17,19,24-26,33,45-47,55,62H,7-8,18,20-23,27-30H2,1-6H3,(H,54,60)/t33-,45-,46+,47+,49+,50+,51-,52-/m0/s1. The molecule has 65 heavy (non-hydrogen) atoms. The van der Waals surface area contributed by atoms with Gasteiger partial charge in [0.25, 0.3) is 5.91 Å². The maximum atomic E-state index is 15.4. The number of para-hydroxylation sites is 1. The number of carbonyl (C=O) groups excluding carboxylic acids is 3.